The van der Waals surface area contributed by atoms with Crippen molar-refractivity contribution in [1.29, 1.82) is 0 Å². The predicted octanol–water partition coefficient (Wildman–Crippen LogP) is 6.83. The van der Waals surface area contributed by atoms with E-state index >= 15 is 0 Å². The van der Waals surface area contributed by atoms with Gasteiger partial charge in [-0.25, -0.2) is 0 Å². The van der Waals surface area contributed by atoms with Gasteiger partial charge in [0.25, 0.3) is 0 Å². The highest BCUT2D eigenvalue weighted by Crippen LogP contribution is 2.39. The summed E-state index contributed by atoms with van der Waals surface area (Å²) in [5.74, 6) is -1.24. The molecule has 0 aromatic heterocycles. The molecule has 2 saturated heterocycles. The van der Waals surface area contributed by atoms with E-state index in [1.807, 2.05) is 48.6 Å². The van der Waals surface area contributed by atoms with E-state index in [1.54, 1.807) is 0 Å². The van der Waals surface area contributed by atoms with E-state index in [-0.39, 0.29) is 24.5 Å². The lowest BCUT2D eigenvalue weighted by atomic mass is 9.84. The molecular formula is C38H43F3N4O. The van der Waals surface area contributed by atoms with Crippen molar-refractivity contribution < 1.29 is 18.0 Å². The van der Waals surface area contributed by atoms with Gasteiger partial charge in [0, 0.05) is 37.6 Å². The molecule has 2 aliphatic heterocycles. The highest BCUT2D eigenvalue weighted by Gasteiger charge is 2.43. The number of alkyl halides is 3. The third-order valence-electron chi connectivity index (χ3n) is 9.51. The molecule has 0 bridgehead atoms. The average Bonchev–Trinajstić information content (AvgIpc) is 3.08. The molecule has 5 nitrogen and oxygen atoms in total. The third-order valence-corrected chi connectivity index (χ3v) is 9.51. The standard InChI is InChI=1S/C20H21F3N2O.C18H22N2/c1-14-17(12-24-19(26)20(21,22)23)13-25(14)18(15-8-4-2-5-9-15)16-10-6-3-7-11-16;1-14-17(12-19)13-20(14)18(15-8-4-2-5-9-15)16-10-6-3-7-11-16/h2-11,14,17-18H,12-13H2,1H3,(H,24,26);2-11,14,17-18H,12-13,19H2,1H3/t2*14-,17+/m00/s1. The van der Waals surface area contributed by atoms with Crippen LogP contribution < -0.4 is 11.1 Å². The van der Waals surface area contributed by atoms with Crippen LogP contribution in [0, 0.1) is 11.8 Å². The number of likely N-dealkylation sites (tertiary alicyclic amines) is 2. The summed E-state index contributed by atoms with van der Waals surface area (Å²) in [7, 11) is 0. The molecule has 0 radical (unpaired) electrons. The Kier molecular flexibility index (Phi) is 10.9. The molecule has 2 heterocycles. The number of nitrogens with zero attached hydrogens (tertiary/aromatic N) is 2. The molecule has 2 aliphatic rings. The average molecular weight is 629 g/mol. The molecule has 0 aliphatic carbocycles. The molecule has 4 atom stereocenters. The maximum atomic E-state index is 12.3. The Morgan fingerprint density at radius 1 is 0.674 bits per heavy atom. The van der Waals surface area contributed by atoms with Gasteiger partial charge in [-0.05, 0) is 48.6 Å². The number of carbonyl (C=O) groups excluding carboxylic acids is 1. The highest BCUT2D eigenvalue weighted by molar-refractivity contribution is 5.81. The molecule has 2 fully saturated rings. The van der Waals surface area contributed by atoms with E-state index in [4.69, 9.17) is 5.73 Å². The minimum Gasteiger partial charge on any atom is -0.348 e. The first-order valence-electron chi connectivity index (χ1n) is 15.9. The van der Waals surface area contributed by atoms with Crippen molar-refractivity contribution in [1.82, 2.24) is 15.1 Å². The fourth-order valence-electron chi connectivity index (χ4n) is 6.65. The second-order valence-corrected chi connectivity index (χ2v) is 12.3. The molecule has 4 aromatic carbocycles. The molecule has 8 heteroatoms. The van der Waals surface area contributed by atoms with Crippen LogP contribution in [-0.4, -0.2) is 60.1 Å². The topological polar surface area (TPSA) is 61.6 Å². The van der Waals surface area contributed by atoms with Gasteiger partial charge in [-0.2, -0.15) is 13.2 Å². The first-order chi connectivity index (χ1) is 22.2. The van der Waals surface area contributed by atoms with Crippen LogP contribution in [0.15, 0.2) is 121 Å². The van der Waals surface area contributed by atoms with Crippen molar-refractivity contribution in [3.05, 3.63) is 144 Å². The van der Waals surface area contributed by atoms with Crippen LogP contribution in [0.1, 0.15) is 48.2 Å². The van der Waals surface area contributed by atoms with Crippen LogP contribution in [0.5, 0.6) is 0 Å². The minimum absolute atomic E-state index is 0.00350. The van der Waals surface area contributed by atoms with E-state index in [0.29, 0.717) is 24.5 Å². The third kappa shape index (κ3) is 7.69. The summed E-state index contributed by atoms with van der Waals surface area (Å²) in [6, 6.07) is 42.6. The van der Waals surface area contributed by atoms with Crippen LogP contribution in [0.2, 0.25) is 0 Å². The molecular weight excluding hydrogens is 585 g/mol. The van der Waals surface area contributed by atoms with E-state index in [2.05, 4.69) is 102 Å². The lowest BCUT2D eigenvalue weighted by molar-refractivity contribution is -0.174. The molecule has 3 N–H and O–H groups in total. The zero-order valence-corrected chi connectivity index (χ0v) is 26.4. The van der Waals surface area contributed by atoms with Crippen molar-refractivity contribution in [3.63, 3.8) is 0 Å². The SMILES string of the molecule is C[C@H]1[C@H](CN)CN1C(c1ccccc1)c1ccccc1.C[C@H]1[C@H](CNC(=O)C(F)(F)F)CN1C(c1ccccc1)c1ccccc1. The summed E-state index contributed by atoms with van der Waals surface area (Å²) in [5.41, 5.74) is 10.8. The van der Waals surface area contributed by atoms with Crippen molar-refractivity contribution in [2.75, 3.05) is 26.2 Å². The molecule has 6 rings (SSSR count). The summed E-state index contributed by atoms with van der Waals surface area (Å²) in [6.45, 7) is 6.83. The van der Waals surface area contributed by atoms with Crippen molar-refractivity contribution in [2.24, 2.45) is 17.6 Å². The van der Waals surface area contributed by atoms with Gasteiger partial charge in [0.2, 0.25) is 0 Å². The quantitative estimate of drug-likeness (QED) is 0.213. The molecule has 4 aromatic rings. The van der Waals surface area contributed by atoms with Crippen LogP contribution in [-0.2, 0) is 4.79 Å². The Hall–Kier alpha value is -3.98. The largest absolute Gasteiger partial charge is 0.471 e. The molecule has 0 spiro atoms. The van der Waals surface area contributed by atoms with Crippen molar-refractivity contribution >= 4 is 5.91 Å². The maximum absolute atomic E-state index is 12.3. The molecule has 46 heavy (non-hydrogen) atoms. The van der Waals surface area contributed by atoms with Gasteiger partial charge in [-0.3, -0.25) is 14.6 Å². The number of carbonyl (C=O) groups is 1. The fourth-order valence-corrected chi connectivity index (χ4v) is 6.65. The molecule has 0 unspecified atom stereocenters. The Labute approximate surface area is 270 Å². The number of hydrogen-bond acceptors (Lipinski definition) is 4. The Bertz CT molecular complexity index is 1430. The van der Waals surface area contributed by atoms with E-state index < -0.39 is 12.1 Å². The summed E-state index contributed by atoms with van der Waals surface area (Å²) < 4.78 is 37.0. The van der Waals surface area contributed by atoms with Gasteiger partial charge in [-0.1, -0.05) is 121 Å². The number of nitrogens with two attached hydrogens (primary N) is 1. The number of nitrogens with one attached hydrogen (secondary N) is 1. The molecule has 242 valence electrons. The molecule has 0 saturated carbocycles. The lowest BCUT2D eigenvalue weighted by Crippen LogP contribution is -2.59. The van der Waals surface area contributed by atoms with E-state index in [9.17, 15) is 18.0 Å². The Morgan fingerprint density at radius 3 is 1.28 bits per heavy atom. The zero-order chi connectivity index (χ0) is 32.7. The van der Waals surface area contributed by atoms with Gasteiger partial charge in [-0.15, -0.1) is 0 Å². The monoisotopic (exact) mass is 628 g/mol. The Morgan fingerprint density at radius 2 is 1.00 bits per heavy atom. The summed E-state index contributed by atoms with van der Waals surface area (Å²) >= 11 is 0. The van der Waals surface area contributed by atoms with Crippen LogP contribution in [0.25, 0.3) is 0 Å². The fraction of sp³-hybridized carbons (Fsp3) is 0.342. The number of rotatable bonds is 9. The van der Waals surface area contributed by atoms with E-state index in [1.165, 1.54) is 11.1 Å². The van der Waals surface area contributed by atoms with Crippen LogP contribution in [0.3, 0.4) is 0 Å². The number of halogens is 3. The van der Waals surface area contributed by atoms with Crippen molar-refractivity contribution in [2.45, 2.75) is 44.2 Å². The first kappa shape index (κ1) is 33.4. The second kappa shape index (κ2) is 15.1. The first-order valence-corrected chi connectivity index (χ1v) is 15.9. The van der Waals surface area contributed by atoms with Crippen LogP contribution in [0.4, 0.5) is 13.2 Å². The predicted molar refractivity (Wildman–Crippen MR) is 177 cm³/mol. The number of hydrogen-bond donors (Lipinski definition) is 2. The van der Waals surface area contributed by atoms with Crippen LogP contribution >= 0.6 is 0 Å². The normalized spacial score (nSPS) is 21.6. The van der Waals surface area contributed by atoms with Gasteiger partial charge in [0.05, 0.1) is 12.1 Å². The number of benzene rings is 4. The van der Waals surface area contributed by atoms with Crippen molar-refractivity contribution in [3.8, 4) is 0 Å². The summed E-state index contributed by atoms with van der Waals surface area (Å²) in [6.07, 6.45) is -4.83. The number of amides is 1. The highest BCUT2D eigenvalue weighted by atomic mass is 19.4. The summed E-state index contributed by atoms with van der Waals surface area (Å²) in [4.78, 5) is 15.8. The van der Waals surface area contributed by atoms with Gasteiger partial charge in [0.1, 0.15) is 0 Å². The second-order valence-electron chi connectivity index (χ2n) is 12.3. The maximum Gasteiger partial charge on any atom is 0.471 e. The smallest absolute Gasteiger partial charge is 0.348 e. The van der Waals surface area contributed by atoms with Gasteiger partial charge in [0.15, 0.2) is 0 Å². The Balaban J connectivity index is 0.000000187. The zero-order valence-electron chi connectivity index (χ0n) is 26.4. The minimum atomic E-state index is -4.83. The van der Waals surface area contributed by atoms with Gasteiger partial charge >= 0.3 is 12.1 Å². The summed E-state index contributed by atoms with van der Waals surface area (Å²) in [5, 5.41) is 2.00. The van der Waals surface area contributed by atoms with E-state index in [0.717, 1.165) is 24.2 Å². The van der Waals surface area contributed by atoms with Gasteiger partial charge < -0.3 is 11.1 Å². The molecule has 1 amide bonds. The lowest BCUT2D eigenvalue weighted by Gasteiger charge is -2.51.